The number of benzene rings is 2. The molecule has 1 saturated heterocycles. The van der Waals surface area contributed by atoms with E-state index in [1.807, 2.05) is 0 Å². The Morgan fingerprint density at radius 1 is 1.00 bits per heavy atom. The van der Waals surface area contributed by atoms with E-state index in [1.165, 1.54) is 23.5 Å². The lowest BCUT2D eigenvalue weighted by Gasteiger charge is -2.30. The van der Waals surface area contributed by atoms with Crippen molar-refractivity contribution in [2.45, 2.75) is 30.8 Å². The minimum Gasteiger partial charge on any atom is -0.490 e. The molecule has 4 rings (SSSR count). The fourth-order valence-electron chi connectivity index (χ4n) is 3.91. The van der Waals surface area contributed by atoms with Gasteiger partial charge in [0, 0.05) is 25.6 Å². The number of ether oxygens (including phenoxy) is 4. The molecule has 0 amide bonds. The van der Waals surface area contributed by atoms with Crippen molar-refractivity contribution in [3.63, 3.8) is 0 Å². The summed E-state index contributed by atoms with van der Waals surface area (Å²) < 4.78 is 48.9. The van der Waals surface area contributed by atoms with E-state index in [1.54, 1.807) is 30.3 Å². The molecule has 2 aromatic rings. The molecule has 0 aliphatic carbocycles. The number of sulfonamides is 1. The second kappa shape index (κ2) is 10.4. The number of rotatable bonds is 6. The minimum atomic E-state index is -3.72. The maximum absolute atomic E-state index is 13.1. The van der Waals surface area contributed by atoms with E-state index in [0.29, 0.717) is 43.1 Å². The molecule has 0 atom stereocenters. The highest BCUT2D eigenvalue weighted by molar-refractivity contribution is 7.89. The van der Waals surface area contributed by atoms with Crippen LogP contribution in [0.3, 0.4) is 0 Å². The molecule has 0 N–H and O–H groups in total. The van der Waals surface area contributed by atoms with Gasteiger partial charge in [-0.05, 0) is 42.7 Å². The number of esters is 2. The lowest BCUT2D eigenvalue weighted by Crippen LogP contribution is -2.40. The lowest BCUT2D eigenvalue weighted by molar-refractivity contribution is -0.151. The van der Waals surface area contributed by atoms with Crippen molar-refractivity contribution < 1.29 is 37.0 Å². The van der Waals surface area contributed by atoms with Gasteiger partial charge >= 0.3 is 11.9 Å². The molecule has 0 aromatic heterocycles. The smallest absolute Gasteiger partial charge is 0.337 e. The number of piperidine rings is 1. The molecule has 0 spiro atoms. The predicted octanol–water partition coefficient (Wildman–Crippen LogP) is 2.78. The van der Waals surface area contributed by atoms with Crippen molar-refractivity contribution in [2.75, 3.05) is 33.4 Å². The van der Waals surface area contributed by atoms with Crippen LogP contribution in [0.1, 0.15) is 35.2 Å². The first-order valence-electron chi connectivity index (χ1n) is 11.1. The first kappa shape index (κ1) is 24.0. The Labute approximate surface area is 198 Å². The van der Waals surface area contributed by atoms with Crippen molar-refractivity contribution in [2.24, 2.45) is 5.92 Å². The Hall–Kier alpha value is -3.11. The number of methoxy groups -OCH3 is 1. The van der Waals surface area contributed by atoms with Gasteiger partial charge in [-0.2, -0.15) is 4.31 Å². The third kappa shape index (κ3) is 5.34. The van der Waals surface area contributed by atoms with Gasteiger partial charge in [-0.15, -0.1) is 0 Å². The number of fused-ring (bicyclic) bond motifs is 1. The fraction of sp³-hybridized carbons (Fsp3) is 0.417. The van der Waals surface area contributed by atoms with Gasteiger partial charge in [-0.1, -0.05) is 12.1 Å². The third-order valence-corrected chi connectivity index (χ3v) is 7.79. The highest BCUT2D eigenvalue weighted by Crippen LogP contribution is 2.34. The van der Waals surface area contributed by atoms with E-state index in [2.05, 4.69) is 4.74 Å². The number of carbonyl (C=O) groups is 2. The van der Waals surface area contributed by atoms with Crippen LogP contribution in [0, 0.1) is 5.92 Å². The van der Waals surface area contributed by atoms with Crippen molar-refractivity contribution in [3.8, 4) is 11.5 Å². The van der Waals surface area contributed by atoms with E-state index in [4.69, 9.17) is 14.2 Å². The zero-order valence-corrected chi connectivity index (χ0v) is 19.7. The summed E-state index contributed by atoms with van der Waals surface area (Å²) in [6.45, 7) is 1.53. The van der Waals surface area contributed by atoms with Gasteiger partial charge in [0.1, 0.15) is 6.61 Å². The summed E-state index contributed by atoms with van der Waals surface area (Å²) >= 11 is 0. The van der Waals surface area contributed by atoms with E-state index >= 15 is 0 Å². The zero-order valence-electron chi connectivity index (χ0n) is 18.9. The van der Waals surface area contributed by atoms with Crippen LogP contribution in [0.25, 0.3) is 0 Å². The molecule has 9 nitrogen and oxygen atoms in total. The molecular weight excluding hydrogens is 462 g/mol. The van der Waals surface area contributed by atoms with Crippen molar-refractivity contribution in [1.82, 2.24) is 4.31 Å². The topological polar surface area (TPSA) is 108 Å². The molecule has 2 heterocycles. The van der Waals surface area contributed by atoms with Crippen molar-refractivity contribution >= 4 is 22.0 Å². The van der Waals surface area contributed by atoms with Gasteiger partial charge in [0.25, 0.3) is 0 Å². The normalized spacial score (nSPS) is 17.0. The van der Waals surface area contributed by atoms with Crippen LogP contribution in [0.4, 0.5) is 0 Å². The highest BCUT2D eigenvalue weighted by atomic mass is 32.2. The molecule has 0 unspecified atom stereocenters. The molecule has 2 aromatic carbocycles. The van der Waals surface area contributed by atoms with Gasteiger partial charge in [0.15, 0.2) is 11.5 Å². The zero-order chi connectivity index (χ0) is 24.1. The molecule has 0 bridgehead atoms. The average Bonchev–Trinajstić information content (AvgIpc) is 3.12. The standard InChI is InChI=1S/C24H27NO8S/c1-30-23(26)18-5-3-17(4-6-18)16-33-24(27)19-9-11-25(12-10-19)34(28,29)20-7-8-21-22(15-20)32-14-2-13-31-21/h3-8,15,19H,2,9-14,16H2,1H3. The monoisotopic (exact) mass is 489 g/mol. The first-order chi connectivity index (χ1) is 16.4. The maximum Gasteiger partial charge on any atom is 0.337 e. The summed E-state index contributed by atoms with van der Waals surface area (Å²) in [5.74, 6) is -0.194. The van der Waals surface area contributed by atoms with Gasteiger partial charge in [0.2, 0.25) is 10.0 Å². The van der Waals surface area contributed by atoms with Crippen LogP contribution in [-0.4, -0.2) is 58.1 Å². The Morgan fingerprint density at radius 2 is 1.68 bits per heavy atom. The summed E-state index contributed by atoms with van der Waals surface area (Å²) in [6.07, 6.45) is 1.49. The van der Waals surface area contributed by atoms with Crippen LogP contribution in [0.2, 0.25) is 0 Å². The van der Waals surface area contributed by atoms with Crippen LogP contribution in [0.15, 0.2) is 47.4 Å². The maximum atomic E-state index is 13.1. The fourth-order valence-corrected chi connectivity index (χ4v) is 5.40. The third-order valence-electron chi connectivity index (χ3n) is 5.90. The van der Waals surface area contributed by atoms with Gasteiger partial charge in [-0.3, -0.25) is 4.79 Å². The molecule has 2 aliphatic heterocycles. The largest absolute Gasteiger partial charge is 0.490 e. The molecule has 0 saturated carbocycles. The van der Waals surface area contributed by atoms with Gasteiger partial charge < -0.3 is 18.9 Å². The van der Waals surface area contributed by atoms with Gasteiger partial charge in [0.05, 0.1) is 36.7 Å². The molecule has 1 fully saturated rings. The summed E-state index contributed by atoms with van der Waals surface area (Å²) in [7, 11) is -2.41. The van der Waals surface area contributed by atoms with Gasteiger partial charge in [-0.25, -0.2) is 13.2 Å². The van der Waals surface area contributed by atoms with Crippen LogP contribution in [-0.2, 0) is 30.9 Å². The molecule has 34 heavy (non-hydrogen) atoms. The summed E-state index contributed by atoms with van der Waals surface area (Å²) in [5, 5.41) is 0. The highest BCUT2D eigenvalue weighted by Gasteiger charge is 2.33. The second-order valence-electron chi connectivity index (χ2n) is 8.13. The SMILES string of the molecule is COC(=O)c1ccc(COC(=O)C2CCN(S(=O)(=O)c3ccc4c(c3)OCCCO4)CC2)cc1. The summed E-state index contributed by atoms with van der Waals surface area (Å²) in [5.41, 5.74) is 1.16. The number of carbonyl (C=O) groups excluding carboxylic acids is 2. The Balaban J connectivity index is 1.31. The van der Waals surface area contributed by atoms with Crippen LogP contribution in [0.5, 0.6) is 11.5 Å². The van der Waals surface area contributed by atoms with E-state index in [-0.39, 0.29) is 36.5 Å². The van der Waals surface area contributed by atoms with E-state index in [0.717, 1.165) is 12.0 Å². The summed E-state index contributed by atoms with van der Waals surface area (Å²) in [4.78, 5) is 24.2. The first-order valence-corrected chi connectivity index (χ1v) is 12.6. The van der Waals surface area contributed by atoms with Crippen LogP contribution >= 0.6 is 0 Å². The van der Waals surface area contributed by atoms with Crippen LogP contribution < -0.4 is 9.47 Å². The molecule has 182 valence electrons. The predicted molar refractivity (Wildman–Crippen MR) is 121 cm³/mol. The van der Waals surface area contributed by atoms with Crippen molar-refractivity contribution in [1.29, 1.82) is 0 Å². The Kier molecular flexibility index (Phi) is 7.38. The number of hydrogen-bond acceptors (Lipinski definition) is 8. The molecular formula is C24H27NO8S. The molecule has 10 heteroatoms. The molecule has 0 radical (unpaired) electrons. The Morgan fingerprint density at radius 3 is 2.35 bits per heavy atom. The van der Waals surface area contributed by atoms with E-state index < -0.39 is 16.0 Å². The number of nitrogens with zero attached hydrogens (tertiary/aromatic N) is 1. The Bertz CT molecular complexity index is 1140. The lowest BCUT2D eigenvalue weighted by atomic mass is 9.98. The molecule has 2 aliphatic rings. The average molecular weight is 490 g/mol. The minimum absolute atomic E-state index is 0.0794. The van der Waals surface area contributed by atoms with Crippen molar-refractivity contribution in [3.05, 3.63) is 53.6 Å². The number of hydrogen-bond donors (Lipinski definition) is 0. The quantitative estimate of drug-likeness (QED) is 0.570. The summed E-state index contributed by atoms with van der Waals surface area (Å²) in [6, 6.07) is 11.3. The van der Waals surface area contributed by atoms with E-state index in [9.17, 15) is 18.0 Å². The second-order valence-corrected chi connectivity index (χ2v) is 10.1.